The second-order valence-corrected chi connectivity index (χ2v) is 11.1. The van der Waals surface area contributed by atoms with E-state index in [1.54, 1.807) is 13.1 Å². The van der Waals surface area contributed by atoms with Gasteiger partial charge in [-0.25, -0.2) is 4.79 Å². The molecule has 3 amide bonds. The number of carbonyl (C=O) groups excluding carboxylic acids is 4. The van der Waals surface area contributed by atoms with Crippen molar-refractivity contribution < 1.29 is 28.7 Å². The fourth-order valence-electron chi connectivity index (χ4n) is 4.63. The van der Waals surface area contributed by atoms with Gasteiger partial charge in [0.25, 0.3) is 0 Å². The highest BCUT2D eigenvalue weighted by atomic mass is 16.6. The van der Waals surface area contributed by atoms with Gasteiger partial charge in [0.15, 0.2) is 5.78 Å². The molecule has 1 fully saturated rings. The predicted octanol–water partition coefficient (Wildman–Crippen LogP) is 3.40. The molecule has 0 bridgehead atoms. The zero-order valence-corrected chi connectivity index (χ0v) is 23.9. The molecule has 3 aromatic rings. The van der Waals surface area contributed by atoms with E-state index in [0.717, 1.165) is 22.0 Å². The summed E-state index contributed by atoms with van der Waals surface area (Å²) in [5.41, 5.74) is 1.64. The molecule has 4 N–H and O–H groups in total. The lowest BCUT2D eigenvalue weighted by Crippen LogP contribution is -2.57. The van der Waals surface area contributed by atoms with Gasteiger partial charge in [0.1, 0.15) is 24.3 Å². The first-order valence-corrected chi connectivity index (χ1v) is 13.9. The molecule has 218 valence electrons. The molecule has 10 nitrogen and oxygen atoms in total. The SMILES string of the molecule is CC(C)C[C@H](NC(=O)[C@H](Cc1c[nH]c2ccccc12)NC(=O)[C@H](C)NC(=O)OCc1ccccc1)C(=O)[C@@]1(C)CO1. The molecule has 2 heterocycles. The number of fused-ring (bicyclic) bond motifs is 1. The van der Waals surface area contributed by atoms with Crippen LogP contribution in [0.1, 0.15) is 45.2 Å². The fraction of sp³-hybridized carbons (Fsp3) is 0.419. The number of para-hydroxylation sites is 1. The van der Waals surface area contributed by atoms with Gasteiger partial charge in [0.05, 0.1) is 12.6 Å². The lowest BCUT2D eigenvalue weighted by molar-refractivity contribution is -0.133. The smallest absolute Gasteiger partial charge is 0.408 e. The van der Waals surface area contributed by atoms with Crippen LogP contribution in [0.15, 0.2) is 60.8 Å². The minimum absolute atomic E-state index is 0.0561. The average Bonchev–Trinajstić information content (AvgIpc) is 3.58. The summed E-state index contributed by atoms with van der Waals surface area (Å²) in [6.45, 7) is 7.53. The highest BCUT2D eigenvalue weighted by molar-refractivity contribution is 5.98. The molecule has 0 unspecified atom stereocenters. The number of rotatable bonds is 13. The number of epoxide rings is 1. The molecule has 41 heavy (non-hydrogen) atoms. The van der Waals surface area contributed by atoms with E-state index < -0.39 is 41.6 Å². The third-order valence-electron chi connectivity index (χ3n) is 7.11. The topological polar surface area (TPSA) is 142 Å². The number of aromatic nitrogens is 1. The summed E-state index contributed by atoms with van der Waals surface area (Å²) in [5.74, 6) is -1.11. The normalized spacial score (nSPS) is 18.3. The Morgan fingerprint density at radius 2 is 1.59 bits per heavy atom. The minimum atomic E-state index is -1.01. The average molecular weight is 563 g/mol. The molecule has 2 aromatic carbocycles. The molecule has 0 radical (unpaired) electrons. The van der Waals surface area contributed by atoms with E-state index >= 15 is 0 Å². The number of hydrogen-bond acceptors (Lipinski definition) is 6. The van der Waals surface area contributed by atoms with Crippen LogP contribution in [-0.4, -0.2) is 59.0 Å². The van der Waals surface area contributed by atoms with Crippen molar-refractivity contribution in [3.63, 3.8) is 0 Å². The lowest BCUT2D eigenvalue weighted by Gasteiger charge is -2.26. The molecule has 1 aliphatic rings. The van der Waals surface area contributed by atoms with Gasteiger partial charge in [0, 0.05) is 23.5 Å². The van der Waals surface area contributed by atoms with E-state index in [1.807, 2.05) is 68.4 Å². The Hall–Kier alpha value is -4.18. The van der Waals surface area contributed by atoms with Crippen LogP contribution >= 0.6 is 0 Å². The first-order chi connectivity index (χ1) is 19.6. The zero-order chi connectivity index (χ0) is 29.6. The number of ether oxygens (including phenoxy) is 2. The van der Waals surface area contributed by atoms with Crippen LogP contribution in [0.2, 0.25) is 0 Å². The van der Waals surface area contributed by atoms with Crippen molar-refractivity contribution in [1.82, 2.24) is 20.9 Å². The molecule has 0 aliphatic carbocycles. The van der Waals surface area contributed by atoms with E-state index in [-0.39, 0.29) is 24.7 Å². The van der Waals surface area contributed by atoms with Crippen LogP contribution in [0, 0.1) is 5.92 Å². The van der Waals surface area contributed by atoms with Crippen LogP contribution in [0.5, 0.6) is 0 Å². The summed E-state index contributed by atoms with van der Waals surface area (Å²) in [5, 5.41) is 9.08. The Kier molecular flexibility index (Phi) is 9.44. The number of carbonyl (C=O) groups is 4. The van der Waals surface area contributed by atoms with Gasteiger partial charge < -0.3 is 30.4 Å². The molecule has 0 saturated carbocycles. The van der Waals surface area contributed by atoms with Crippen molar-refractivity contribution in [2.24, 2.45) is 5.92 Å². The molecular weight excluding hydrogens is 524 g/mol. The first kappa shape index (κ1) is 29.8. The summed E-state index contributed by atoms with van der Waals surface area (Å²) in [6, 6.07) is 14.1. The third kappa shape index (κ3) is 7.94. The molecule has 4 atom stereocenters. The Labute approximate surface area is 239 Å². The van der Waals surface area contributed by atoms with Crippen LogP contribution < -0.4 is 16.0 Å². The van der Waals surface area contributed by atoms with Gasteiger partial charge in [-0.3, -0.25) is 14.4 Å². The number of nitrogens with one attached hydrogen (secondary N) is 4. The maximum Gasteiger partial charge on any atom is 0.408 e. The Morgan fingerprint density at radius 3 is 2.27 bits per heavy atom. The maximum atomic E-state index is 13.6. The molecular formula is C31H38N4O6. The molecule has 1 aromatic heterocycles. The number of H-pyrrole nitrogens is 1. The van der Waals surface area contributed by atoms with Crippen molar-refractivity contribution in [2.75, 3.05) is 6.61 Å². The summed E-state index contributed by atoms with van der Waals surface area (Å²) >= 11 is 0. The van der Waals surface area contributed by atoms with Gasteiger partial charge in [-0.1, -0.05) is 62.4 Å². The van der Waals surface area contributed by atoms with Crippen molar-refractivity contribution in [2.45, 2.75) is 70.9 Å². The number of benzene rings is 2. The predicted molar refractivity (Wildman–Crippen MR) is 154 cm³/mol. The zero-order valence-electron chi connectivity index (χ0n) is 23.9. The summed E-state index contributed by atoms with van der Waals surface area (Å²) in [6.07, 6.45) is 1.65. The van der Waals surface area contributed by atoms with E-state index in [1.165, 1.54) is 6.92 Å². The van der Waals surface area contributed by atoms with E-state index in [4.69, 9.17) is 9.47 Å². The summed E-state index contributed by atoms with van der Waals surface area (Å²) in [7, 11) is 0. The van der Waals surface area contributed by atoms with Crippen molar-refractivity contribution >= 4 is 34.6 Å². The van der Waals surface area contributed by atoms with E-state index in [0.29, 0.717) is 13.0 Å². The number of aromatic amines is 1. The number of alkyl carbamates (subject to hydrolysis) is 1. The van der Waals surface area contributed by atoms with Gasteiger partial charge in [-0.2, -0.15) is 0 Å². The second-order valence-electron chi connectivity index (χ2n) is 11.1. The van der Waals surface area contributed by atoms with Gasteiger partial charge in [-0.05, 0) is 43.4 Å². The van der Waals surface area contributed by atoms with Gasteiger partial charge in [-0.15, -0.1) is 0 Å². The van der Waals surface area contributed by atoms with Crippen molar-refractivity contribution in [1.29, 1.82) is 0 Å². The van der Waals surface area contributed by atoms with E-state index in [2.05, 4.69) is 20.9 Å². The van der Waals surface area contributed by atoms with Crippen LogP contribution in [0.3, 0.4) is 0 Å². The number of ketones is 1. The van der Waals surface area contributed by atoms with E-state index in [9.17, 15) is 19.2 Å². The Bertz CT molecular complexity index is 1380. The van der Waals surface area contributed by atoms with Gasteiger partial charge >= 0.3 is 6.09 Å². The largest absolute Gasteiger partial charge is 0.445 e. The Balaban J connectivity index is 1.46. The second kappa shape index (κ2) is 13.0. The highest BCUT2D eigenvalue weighted by Crippen LogP contribution is 2.30. The van der Waals surface area contributed by atoms with Crippen molar-refractivity contribution in [3.8, 4) is 0 Å². The van der Waals surface area contributed by atoms with Crippen LogP contribution in [-0.2, 0) is 36.9 Å². The fourth-order valence-corrected chi connectivity index (χ4v) is 4.63. The maximum absolute atomic E-state index is 13.6. The van der Waals surface area contributed by atoms with Crippen LogP contribution in [0.25, 0.3) is 10.9 Å². The number of amides is 3. The first-order valence-electron chi connectivity index (χ1n) is 13.9. The van der Waals surface area contributed by atoms with Crippen LogP contribution in [0.4, 0.5) is 4.79 Å². The molecule has 1 aliphatic heterocycles. The highest BCUT2D eigenvalue weighted by Gasteiger charge is 2.50. The standard InChI is InChI=1S/C31H38N4O6/c1-19(2)14-25(27(36)31(4)18-41-31)34-29(38)26(15-22-16-32-24-13-9-8-12-23(22)24)35-28(37)20(3)33-30(39)40-17-21-10-6-5-7-11-21/h5-13,16,19-20,25-26,32H,14-15,17-18H2,1-4H3,(H,33,39)(H,34,38)(H,35,37)/t20-,25-,26-,31+/m0/s1. The minimum Gasteiger partial charge on any atom is -0.445 e. The monoisotopic (exact) mass is 562 g/mol. The molecule has 4 rings (SSSR count). The number of hydrogen-bond donors (Lipinski definition) is 4. The molecule has 10 heteroatoms. The number of Topliss-reactive ketones (excluding diaryl/α,β-unsaturated/α-hetero) is 1. The van der Waals surface area contributed by atoms with Crippen molar-refractivity contribution in [3.05, 3.63) is 71.9 Å². The third-order valence-corrected chi connectivity index (χ3v) is 7.11. The quantitative estimate of drug-likeness (QED) is 0.235. The molecule has 0 spiro atoms. The lowest BCUT2D eigenvalue weighted by atomic mass is 9.93. The summed E-state index contributed by atoms with van der Waals surface area (Å²) < 4.78 is 10.6. The molecule has 1 saturated heterocycles. The summed E-state index contributed by atoms with van der Waals surface area (Å²) in [4.78, 5) is 55.5. The Morgan fingerprint density at radius 1 is 0.927 bits per heavy atom. The van der Waals surface area contributed by atoms with Gasteiger partial charge in [0.2, 0.25) is 11.8 Å².